The van der Waals surface area contributed by atoms with Crippen molar-refractivity contribution < 1.29 is 18.0 Å². The lowest BCUT2D eigenvalue weighted by Crippen LogP contribution is -2.35. The van der Waals surface area contributed by atoms with Gasteiger partial charge in [-0.2, -0.15) is 0 Å². The van der Waals surface area contributed by atoms with E-state index in [-0.39, 0.29) is 42.1 Å². The summed E-state index contributed by atoms with van der Waals surface area (Å²) in [6, 6.07) is 8.49. The van der Waals surface area contributed by atoms with Crippen LogP contribution in [0.25, 0.3) is 0 Å². The predicted octanol–water partition coefficient (Wildman–Crippen LogP) is 0.953. The van der Waals surface area contributed by atoms with E-state index in [2.05, 4.69) is 5.32 Å². The molecule has 1 aliphatic heterocycles. The zero-order valence-corrected chi connectivity index (χ0v) is 11.9. The van der Waals surface area contributed by atoms with Crippen LogP contribution in [0.15, 0.2) is 30.3 Å². The average Bonchev–Trinajstić information content (AvgIpc) is 2.76. The molecule has 1 aromatic carbocycles. The van der Waals surface area contributed by atoms with E-state index in [0.29, 0.717) is 12.0 Å². The van der Waals surface area contributed by atoms with Crippen LogP contribution in [0.1, 0.15) is 29.6 Å². The molecular weight excluding hydrogens is 278 g/mol. The molecule has 1 aliphatic rings. The Kier molecular flexibility index (Phi) is 4.54. The number of amides is 1. The van der Waals surface area contributed by atoms with Gasteiger partial charge in [-0.05, 0) is 6.42 Å². The molecular formula is C14H17NO4S. The van der Waals surface area contributed by atoms with Crippen LogP contribution in [0.2, 0.25) is 0 Å². The zero-order valence-electron chi connectivity index (χ0n) is 11.0. The minimum absolute atomic E-state index is 0.00533. The number of benzene rings is 1. The molecule has 0 aromatic heterocycles. The van der Waals surface area contributed by atoms with E-state index in [1.165, 1.54) is 0 Å². The van der Waals surface area contributed by atoms with Crippen LogP contribution in [-0.4, -0.2) is 37.7 Å². The van der Waals surface area contributed by atoms with Crippen molar-refractivity contribution in [1.82, 2.24) is 5.32 Å². The fourth-order valence-electron chi connectivity index (χ4n) is 2.20. The summed E-state index contributed by atoms with van der Waals surface area (Å²) >= 11 is 0. The van der Waals surface area contributed by atoms with Crippen LogP contribution >= 0.6 is 0 Å². The largest absolute Gasteiger partial charge is 0.352 e. The van der Waals surface area contributed by atoms with Crippen molar-refractivity contribution in [3.63, 3.8) is 0 Å². The second kappa shape index (κ2) is 6.17. The number of carbonyl (C=O) groups excluding carboxylic acids is 2. The van der Waals surface area contributed by atoms with Crippen molar-refractivity contribution in [3.05, 3.63) is 35.9 Å². The molecule has 1 atom stereocenters. The highest BCUT2D eigenvalue weighted by Gasteiger charge is 2.28. The van der Waals surface area contributed by atoms with E-state index in [9.17, 15) is 18.0 Å². The molecule has 2 rings (SSSR count). The van der Waals surface area contributed by atoms with Gasteiger partial charge >= 0.3 is 0 Å². The molecule has 1 saturated heterocycles. The van der Waals surface area contributed by atoms with Crippen molar-refractivity contribution in [1.29, 1.82) is 0 Å². The minimum Gasteiger partial charge on any atom is -0.352 e. The Morgan fingerprint density at radius 3 is 2.45 bits per heavy atom. The number of nitrogens with one attached hydrogen (secondary N) is 1. The number of ketones is 1. The van der Waals surface area contributed by atoms with Crippen molar-refractivity contribution in [2.75, 3.05) is 11.5 Å². The summed E-state index contributed by atoms with van der Waals surface area (Å²) in [5.74, 6) is -0.220. The number of hydrogen-bond donors (Lipinski definition) is 1. The molecule has 0 radical (unpaired) electrons. The van der Waals surface area contributed by atoms with Crippen LogP contribution in [0.4, 0.5) is 0 Å². The summed E-state index contributed by atoms with van der Waals surface area (Å²) in [7, 11) is -3.00. The SMILES string of the molecule is O=C(CCC(=O)c1ccccc1)NC1CCS(=O)(=O)C1. The smallest absolute Gasteiger partial charge is 0.220 e. The van der Waals surface area contributed by atoms with Gasteiger partial charge in [0.15, 0.2) is 15.6 Å². The summed E-state index contributed by atoms with van der Waals surface area (Å²) in [6.45, 7) is 0. The molecule has 108 valence electrons. The molecule has 6 heteroatoms. The first-order valence-electron chi connectivity index (χ1n) is 6.54. The molecule has 1 amide bonds. The quantitative estimate of drug-likeness (QED) is 0.820. The monoisotopic (exact) mass is 295 g/mol. The molecule has 1 heterocycles. The van der Waals surface area contributed by atoms with E-state index in [4.69, 9.17) is 0 Å². The number of rotatable bonds is 5. The lowest BCUT2D eigenvalue weighted by atomic mass is 10.1. The number of carbonyl (C=O) groups is 2. The third kappa shape index (κ3) is 4.16. The molecule has 1 unspecified atom stereocenters. The van der Waals surface area contributed by atoms with Gasteiger partial charge in [0.1, 0.15) is 0 Å². The third-order valence-corrected chi connectivity index (χ3v) is 5.04. The van der Waals surface area contributed by atoms with Gasteiger partial charge in [-0.15, -0.1) is 0 Å². The van der Waals surface area contributed by atoms with Gasteiger partial charge in [0, 0.05) is 24.4 Å². The van der Waals surface area contributed by atoms with Gasteiger partial charge in [-0.3, -0.25) is 9.59 Å². The summed E-state index contributed by atoms with van der Waals surface area (Å²) in [6.07, 6.45) is 0.681. The van der Waals surface area contributed by atoms with Gasteiger partial charge in [-0.1, -0.05) is 30.3 Å². The van der Waals surface area contributed by atoms with Gasteiger partial charge in [-0.25, -0.2) is 8.42 Å². The van der Waals surface area contributed by atoms with Crippen LogP contribution in [0.3, 0.4) is 0 Å². The summed E-state index contributed by atoms with van der Waals surface area (Å²) in [5, 5.41) is 2.67. The van der Waals surface area contributed by atoms with E-state index in [1.807, 2.05) is 6.07 Å². The molecule has 1 aromatic rings. The van der Waals surface area contributed by atoms with Gasteiger partial charge in [0.2, 0.25) is 5.91 Å². The summed E-state index contributed by atoms with van der Waals surface area (Å²) in [4.78, 5) is 23.5. The van der Waals surface area contributed by atoms with Crippen LogP contribution in [0.5, 0.6) is 0 Å². The van der Waals surface area contributed by atoms with Gasteiger partial charge < -0.3 is 5.32 Å². The standard InChI is InChI=1S/C14H17NO4S/c16-13(11-4-2-1-3-5-11)6-7-14(17)15-12-8-9-20(18,19)10-12/h1-5,12H,6-10H2,(H,15,17). The summed E-state index contributed by atoms with van der Waals surface area (Å²) in [5.41, 5.74) is 0.587. The minimum atomic E-state index is -3.00. The van der Waals surface area contributed by atoms with Gasteiger partial charge in [0.25, 0.3) is 0 Å². The third-order valence-electron chi connectivity index (χ3n) is 3.27. The molecule has 0 bridgehead atoms. The first kappa shape index (κ1) is 14.7. The highest BCUT2D eigenvalue weighted by atomic mass is 32.2. The number of hydrogen-bond acceptors (Lipinski definition) is 4. The molecule has 0 saturated carbocycles. The number of Topliss-reactive ketones (excluding diaryl/α,β-unsaturated/α-hetero) is 1. The Morgan fingerprint density at radius 2 is 1.85 bits per heavy atom. The molecule has 1 N–H and O–H groups in total. The van der Waals surface area contributed by atoms with E-state index in [0.717, 1.165) is 0 Å². The Labute approximate surface area is 118 Å². The van der Waals surface area contributed by atoms with Crippen molar-refractivity contribution in [2.45, 2.75) is 25.3 Å². The zero-order chi connectivity index (χ0) is 14.6. The molecule has 20 heavy (non-hydrogen) atoms. The molecule has 1 fully saturated rings. The predicted molar refractivity (Wildman–Crippen MR) is 75.2 cm³/mol. The lowest BCUT2D eigenvalue weighted by Gasteiger charge is -2.10. The second-order valence-electron chi connectivity index (χ2n) is 4.96. The van der Waals surface area contributed by atoms with Crippen molar-refractivity contribution in [3.8, 4) is 0 Å². The number of sulfone groups is 1. The second-order valence-corrected chi connectivity index (χ2v) is 7.19. The molecule has 0 spiro atoms. The van der Waals surface area contributed by atoms with Crippen molar-refractivity contribution in [2.24, 2.45) is 0 Å². The Bertz CT molecular complexity index is 595. The maximum atomic E-state index is 11.8. The maximum Gasteiger partial charge on any atom is 0.220 e. The molecule has 5 nitrogen and oxygen atoms in total. The Balaban J connectivity index is 1.77. The van der Waals surface area contributed by atoms with Crippen LogP contribution in [0, 0.1) is 0 Å². The highest BCUT2D eigenvalue weighted by Crippen LogP contribution is 2.12. The topological polar surface area (TPSA) is 80.3 Å². The van der Waals surface area contributed by atoms with Crippen LogP contribution < -0.4 is 5.32 Å². The molecule has 0 aliphatic carbocycles. The fraction of sp³-hybridized carbons (Fsp3) is 0.429. The van der Waals surface area contributed by atoms with Gasteiger partial charge in [0.05, 0.1) is 11.5 Å². The Morgan fingerprint density at radius 1 is 1.15 bits per heavy atom. The van der Waals surface area contributed by atoms with E-state index < -0.39 is 9.84 Å². The van der Waals surface area contributed by atoms with E-state index in [1.54, 1.807) is 24.3 Å². The summed E-state index contributed by atoms with van der Waals surface area (Å²) < 4.78 is 22.5. The fourth-order valence-corrected chi connectivity index (χ4v) is 3.88. The highest BCUT2D eigenvalue weighted by molar-refractivity contribution is 7.91. The lowest BCUT2D eigenvalue weighted by molar-refractivity contribution is -0.121. The normalized spacial score (nSPS) is 20.5. The Hall–Kier alpha value is -1.69. The first-order chi connectivity index (χ1) is 9.46. The van der Waals surface area contributed by atoms with Crippen LogP contribution in [-0.2, 0) is 14.6 Å². The maximum absolute atomic E-state index is 11.8. The first-order valence-corrected chi connectivity index (χ1v) is 8.36. The average molecular weight is 295 g/mol. The van der Waals surface area contributed by atoms with E-state index >= 15 is 0 Å². The van der Waals surface area contributed by atoms with Crippen molar-refractivity contribution >= 4 is 21.5 Å².